The van der Waals surface area contributed by atoms with E-state index in [-0.39, 0.29) is 6.04 Å². The quantitative estimate of drug-likeness (QED) is 0.862. The van der Waals surface area contributed by atoms with Crippen LogP contribution in [-0.2, 0) is 4.74 Å². The van der Waals surface area contributed by atoms with Crippen molar-refractivity contribution in [3.63, 3.8) is 0 Å². The average molecular weight is 228 g/mol. The maximum absolute atomic E-state index is 11.1. The van der Waals surface area contributed by atoms with Crippen molar-refractivity contribution in [2.24, 2.45) is 0 Å². The van der Waals surface area contributed by atoms with Gasteiger partial charge in [-0.2, -0.15) is 0 Å². The fourth-order valence-electron chi connectivity index (χ4n) is 1.21. The van der Waals surface area contributed by atoms with Crippen LogP contribution < -0.4 is 5.32 Å². The number of ether oxygens (including phenoxy) is 1. The maximum atomic E-state index is 11.1. The molecule has 4 heteroatoms. The number of amides is 1. The number of alkyl carbamates (subject to hydrolysis) is 1. The van der Waals surface area contributed by atoms with Crippen LogP contribution in [0.25, 0.3) is 0 Å². The van der Waals surface area contributed by atoms with Crippen molar-refractivity contribution in [1.82, 2.24) is 5.32 Å². The molecule has 1 rings (SSSR count). The van der Waals surface area contributed by atoms with Gasteiger partial charge >= 0.3 is 6.09 Å². The molecule has 0 bridgehead atoms. The number of carbonyl (C=O) groups is 1. The predicted octanol–water partition coefficient (Wildman–Crippen LogP) is 3.15. The summed E-state index contributed by atoms with van der Waals surface area (Å²) in [4.78, 5) is 11.1. The first-order chi connectivity index (χ1) is 7.13. The molecule has 0 aliphatic carbocycles. The number of carbonyl (C=O) groups excluding carboxylic acids is 1. The molecule has 82 valence electrons. The fourth-order valence-corrected chi connectivity index (χ4v) is 1.41. The zero-order valence-corrected chi connectivity index (χ0v) is 9.54. The maximum Gasteiger partial charge on any atom is 0.407 e. The molecule has 0 heterocycles. The molecular formula is C11H14ClNO2. The third kappa shape index (κ3) is 3.80. The van der Waals surface area contributed by atoms with E-state index in [1.807, 2.05) is 25.1 Å². The normalized spacial score (nSPS) is 11.9. The summed E-state index contributed by atoms with van der Waals surface area (Å²) in [5.74, 6) is 0. The lowest BCUT2D eigenvalue weighted by atomic mass is 10.1. The molecule has 0 aliphatic rings. The van der Waals surface area contributed by atoms with E-state index in [2.05, 4.69) is 5.32 Å². The summed E-state index contributed by atoms with van der Waals surface area (Å²) in [5.41, 5.74) is 0.954. The van der Waals surface area contributed by atoms with Gasteiger partial charge in [0.05, 0.1) is 12.6 Å². The summed E-state index contributed by atoms with van der Waals surface area (Å²) < 4.78 is 4.78. The van der Waals surface area contributed by atoms with Crippen molar-refractivity contribution in [2.75, 3.05) is 6.61 Å². The van der Waals surface area contributed by atoms with Gasteiger partial charge in [0.1, 0.15) is 0 Å². The molecule has 1 aromatic rings. The molecule has 1 aromatic carbocycles. The first kappa shape index (κ1) is 11.9. The van der Waals surface area contributed by atoms with Gasteiger partial charge in [-0.15, -0.1) is 0 Å². The van der Waals surface area contributed by atoms with Gasteiger partial charge in [0.2, 0.25) is 0 Å². The second-order valence-corrected chi connectivity index (χ2v) is 3.58. The predicted molar refractivity (Wildman–Crippen MR) is 60.0 cm³/mol. The molecule has 0 aliphatic heterocycles. The average Bonchev–Trinajstić information content (AvgIpc) is 2.18. The van der Waals surface area contributed by atoms with Crippen LogP contribution in [-0.4, -0.2) is 12.7 Å². The minimum absolute atomic E-state index is 0.109. The standard InChI is InChI=1S/C11H14ClNO2/c1-3-15-11(14)13-8(2)9-5-4-6-10(12)7-9/h4-8H,3H2,1-2H3,(H,13,14). The molecule has 0 fully saturated rings. The Morgan fingerprint density at radius 3 is 2.93 bits per heavy atom. The molecular weight excluding hydrogens is 214 g/mol. The molecule has 15 heavy (non-hydrogen) atoms. The van der Waals surface area contributed by atoms with Gasteiger partial charge in [-0.1, -0.05) is 23.7 Å². The van der Waals surface area contributed by atoms with Gasteiger partial charge in [-0.25, -0.2) is 4.79 Å². The lowest BCUT2D eigenvalue weighted by Crippen LogP contribution is -2.27. The molecule has 0 aromatic heterocycles. The van der Waals surface area contributed by atoms with Gasteiger partial charge < -0.3 is 10.1 Å². The van der Waals surface area contributed by atoms with E-state index >= 15 is 0 Å². The van der Waals surface area contributed by atoms with E-state index in [0.717, 1.165) is 5.56 Å². The summed E-state index contributed by atoms with van der Waals surface area (Å²) in [6.07, 6.45) is -0.412. The summed E-state index contributed by atoms with van der Waals surface area (Å²) >= 11 is 5.84. The highest BCUT2D eigenvalue weighted by Gasteiger charge is 2.09. The molecule has 1 unspecified atom stereocenters. The largest absolute Gasteiger partial charge is 0.450 e. The van der Waals surface area contributed by atoms with Gasteiger partial charge in [0.15, 0.2) is 0 Å². The summed E-state index contributed by atoms with van der Waals surface area (Å²) in [6, 6.07) is 7.26. The second-order valence-electron chi connectivity index (χ2n) is 3.14. The van der Waals surface area contributed by atoms with Crippen LogP contribution in [0.1, 0.15) is 25.5 Å². The Hall–Kier alpha value is -1.22. The number of benzene rings is 1. The molecule has 1 amide bonds. The highest BCUT2D eigenvalue weighted by molar-refractivity contribution is 6.30. The number of nitrogens with one attached hydrogen (secondary N) is 1. The molecule has 3 nitrogen and oxygen atoms in total. The Labute approximate surface area is 94.4 Å². The Bertz CT molecular complexity index is 341. The Balaban J connectivity index is 2.60. The van der Waals surface area contributed by atoms with Gasteiger partial charge in [0.25, 0.3) is 0 Å². The van der Waals surface area contributed by atoms with Crippen molar-refractivity contribution in [3.8, 4) is 0 Å². The van der Waals surface area contributed by atoms with Crippen LogP contribution in [0.5, 0.6) is 0 Å². The lowest BCUT2D eigenvalue weighted by Gasteiger charge is -2.13. The van der Waals surface area contributed by atoms with Crippen LogP contribution in [0, 0.1) is 0 Å². The smallest absolute Gasteiger partial charge is 0.407 e. The number of hydrogen-bond acceptors (Lipinski definition) is 2. The Morgan fingerprint density at radius 2 is 2.33 bits per heavy atom. The van der Waals surface area contributed by atoms with E-state index in [4.69, 9.17) is 16.3 Å². The van der Waals surface area contributed by atoms with Crippen LogP contribution >= 0.6 is 11.6 Å². The summed E-state index contributed by atoms with van der Waals surface area (Å²) in [6.45, 7) is 4.01. The van der Waals surface area contributed by atoms with Gasteiger partial charge in [-0.3, -0.25) is 0 Å². The zero-order valence-electron chi connectivity index (χ0n) is 8.79. The van der Waals surface area contributed by atoms with E-state index in [1.165, 1.54) is 0 Å². The van der Waals surface area contributed by atoms with E-state index in [9.17, 15) is 4.79 Å². The molecule has 1 atom stereocenters. The number of hydrogen-bond donors (Lipinski definition) is 1. The Morgan fingerprint density at radius 1 is 1.60 bits per heavy atom. The van der Waals surface area contributed by atoms with Crippen molar-refractivity contribution in [2.45, 2.75) is 19.9 Å². The van der Waals surface area contributed by atoms with Crippen LogP contribution in [0.2, 0.25) is 5.02 Å². The highest BCUT2D eigenvalue weighted by Crippen LogP contribution is 2.17. The van der Waals surface area contributed by atoms with Crippen molar-refractivity contribution < 1.29 is 9.53 Å². The third-order valence-corrected chi connectivity index (χ3v) is 2.19. The number of halogens is 1. The number of rotatable bonds is 3. The molecule has 1 N–H and O–H groups in total. The highest BCUT2D eigenvalue weighted by atomic mass is 35.5. The lowest BCUT2D eigenvalue weighted by molar-refractivity contribution is 0.149. The molecule has 0 spiro atoms. The summed E-state index contributed by atoms with van der Waals surface area (Å²) in [5, 5.41) is 3.36. The van der Waals surface area contributed by atoms with E-state index in [0.29, 0.717) is 11.6 Å². The van der Waals surface area contributed by atoms with Crippen LogP contribution in [0.4, 0.5) is 4.79 Å². The SMILES string of the molecule is CCOC(=O)NC(C)c1cccc(Cl)c1. The van der Waals surface area contributed by atoms with Crippen LogP contribution in [0.15, 0.2) is 24.3 Å². The minimum Gasteiger partial charge on any atom is -0.450 e. The first-order valence-electron chi connectivity index (χ1n) is 4.82. The van der Waals surface area contributed by atoms with E-state index in [1.54, 1.807) is 13.0 Å². The third-order valence-electron chi connectivity index (χ3n) is 1.96. The fraction of sp³-hybridized carbons (Fsp3) is 0.364. The van der Waals surface area contributed by atoms with Crippen molar-refractivity contribution >= 4 is 17.7 Å². The van der Waals surface area contributed by atoms with Gasteiger partial charge in [-0.05, 0) is 31.5 Å². The molecule has 0 radical (unpaired) electrons. The molecule has 0 saturated carbocycles. The molecule has 0 saturated heterocycles. The second kappa shape index (κ2) is 5.61. The van der Waals surface area contributed by atoms with Crippen molar-refractivity contribution in [1.29, 1.82) is 0 Å². The van der Waals surface area contributed by atoms with Crippen molar-refractivity contribution in [3.05, 3.63) is 34.9 Å². The summed E-state index contributed by atoms with van der Waals surface area (Å²) in [7, 11) is 0. The van der Waals surface area contributed by atoms with Gasteiger partial charge in [0, 0.05) is 5.02 Å². The zero-order chi connectivity index (χ0) is 11.3. The topological polar surface area (TPSA) is 38.3 Å². The minimum atomic E-state index is -0.412. The Kier molecular flexibility index (Phi) is 4.43. The van der Waals surface area contributed by atoms with E-state index < -0.39 is 6.09 Å². The monoisotopic (exact) mass is 227 g/mol. The first-order valence-corrected chi connectivity index (χ1v) is 5.20. The van der Waals surface area contributed by atoms with Crippen LogP contribution in [0.3, 0.4) is 0 Å².